The first-order valence-corrected chi connectivity index (χ1v) is 19.7. The van der Waals surface area contributed by atoms with E-state index >= 15 is 0 Å². The Morgan fingerprint density at radius 3 is 2.02 bits per heavy atom. The van der Waals surface area contributed by atoms with Crippen molar-refractivity contribution in [2.24, 2.45) is 0 Å². The Balaban J connectivity index is 1.27. The third-order valence-electron chi connectivity index (χ3n) is 11.2. The number of carbonyl (C=O) groups is 1. The van der Waals surface area contributed by atoms with Crippen molar-refractivity contribution >= 4 is 45.8 Å². The fraction of sp³-hybridized carbons (Fsp3) is 0.167. The third-order valence-corrected chi connectivity index (χ3v) is 12.3. The Bertz CT molecular complexity index is 2750. The SMILES string of the molecule is COc1ccc(-c2nc3c(-c4ccc5c(c4)C4CCCC4N5c4ccc(C)cc4)ccc(-c4ccc(/C=C(/C#N)C(=O)O)s4)c3nc2-c2ccc(OC)cc2)cc1. The van der Waals surface area contributed by atoms with Gasteiger partial charge < -0.3 is 19.5 Å². The molecule has 3 heterocycles. The number of anilines is 2. The fourth-order valence-corrected chi connectivity index (χ4v) is 9.37. The van der Waals surface area contributed by atoms with Crippen LogP contribution >= 0.6 is 11.3 Å². The number of aliphatic carboxylic acids is 1. The van der Waals surface area contributed by atoms with Gasteiger partial charge in [-0.3, -0.25) is 0 Å². The van der Waals surface area contributed by atoms with Gasteiger partial charge in [0.2, 0.25) is 0 Å². The number of aryl methyl sites for hydroxylation is 1. The van der Waals surface area contributed by atoms with Crippen molar-refractivity contribution in [1.29, 1.82) is 5.26 Å². The molecule has 7 aromatic rings. The molecule has 2 aliphatic rings. The number of thiophene rings is 1. The van der Waals surface area contributed by atoms with Gasteiger partial charge in [0.15, 0.2) is 0 Å². The molecule has 5 aromatic carbocycles. The highest BCUT2D eigenvalue weighted by Gasteiger charge is 2.42. The number of carboxylic acid groups (broad SMARTS) is 1. The molecule has 0 radical (unpaired) electrons. The van der Waals surface area contributed by atoms with E-state index in [-0.39, 0.29) is 5.57 Å². The largest absolute Gasteiger partial charge is 0.497 e. The maximum Gasteiger partial charge on any atom is 0.346 e. The summed E-state index contributed by atoms with van der Waals surface area (Å²) in [5.41, 5.74) is 12.4. The number of hydrogen-bond acceptors (Lipinski definition) is 8. The number of nitrogens with zero attached hydrogens (tertiary/aromatic N) is 4. The van der Waals surface area contributed by atoms with Crippen LogP contribution < -0.4 is 14.4 Å². The van der Waals surface area contributed by atoms with Gasteiger partial charge >= 0.3 is 5.97 Å². The summed E-state index contributed by atoms with van der Waals surface area (Å²) in [7, 11) is 3.30. The first kappa shape index (κ1) is 35.9. The number of ether oxygens (including phenoxy) is 2. The van der Waals surface area contributed by atoms with Crippen molar-refractivity contribution in [1.82, 2.24) is 9.97 Å². The molecule has 2 aromatic heterocycles. The standard InChI is InChI=1S/C48H38N4O4S/c1-28-7-14-33(15-8-28)52-41-6-4-5-38(41)40-26-31(13-23-42(40)52)37-21-22-39(43-24-20-36(57-43)25-32(27-49)48(53)54)47-46(37)50-44(29-9-16-34(55-2)17-10-29)45(51-47)30-11-18-35(56-3)19-12-30/h7-26,38,41H,4-6H2,1-3H3,(H,53,54)/b32-25-. The lowest BCUT2D eigenvalue weighted by molar-refractivity contribution is -0.132. The molecule has 9 heteroatoms. The van der Waals surface area contributed by atoms with Crippen LogP contribution in [0.25, 0.3) is 61.2 Å². The number of nitriles is 1. The van der Waals surface area contributed by atoms with Crippen LogP contribution in [-0.4, -0.2) is 41.3 Å². The van der Waals surface area contributed by atoms with Crippen LogP contribution in [0.2, 0.25) is 0 Å². The van der Waals surface area contributed by atoms with Gasteiger partial charge in [-0.1, -0.05) is 42.3 Å². The fourth-order valence-electron chi connectivity index (χ4n) is 8.39. The van der Waals surface area contributed by atoms with Gasteiger partial charge in [-0.05, 0) is 122 Å². The van der Waals surface area contributed by atoms with Crippen molar-refractivity contribution in [2.45, 2.75) is 38.1 Å². The van der Waals surface area contributed by atoms with Crippen molar-refractivity contribution in [2.75, 3.05) is 19.1 Å². The number of aromatic nitrogens is 2. The van der Waals surface area contributed by atoms with Gasteiger partial charge in [0.1, 0.15) is 23.1 Å². The summed E-state index contributed by atoms with van der Waals surface area (Å²) in [6.07, 6.45) is 4.92. The number of benzene rings is 5. The van der Waals surface area contributed by atoms with E-state index in [4.69, 9.17) is 19.4 Å². The smallest absolute Gasteiger partial charge is 0.346 e. The highest BCUT2D eigenvalue weighted by molar-refractivity contribution is 7.16. The van der Waals surface area contributed by atoms with Crippen molar-refractivity contribution < 1.29 is 19.4 Å². The molecule has 57 heavy (non-hydrogen) atoms. The lowest BCUT2D eigenvalue weighted by Gasteiger charge is -2.27. The molecule has 1 aliphatic heterocycles. The Labute approximate surface area is 334 Å². The average Bonchev–Trinajstić information content (AvgIpc) is 3.99. The maximum atomic E-state index is 11.7. The van der Waals surface area contributed by atoms with E-state index in [1.807, 2.05) is 60.7 Å². The Hall–Kier alpha value is -6.76. The second-order valence-corrected chi connectivity index (χ2v) is 15.6. The number of carboxylic acids is 1. The summed E-state index contributed by atoms with van der Waals surface area (Å²) in [5.74, 6) is 0.662. The van der Waals surface area contributed by atoms with Gasteiger partial charge in [0, 0.05) is 55.3 Å². The quantitative estimate of drug-likeness (QED) is 0.114. The maximum absolute atomic E-state index is 11.7. The lowest BCUT2D eigenvalue weighted by atomic mass is 9.92. The first-order chi connectivity index (χ1) is 27.8. The molecule has 1 fully saturated rings. The van der Waals surface area contributed by atoms with Gasteiger partial charge in [0.25, 0.3) is 0 Å². The highest BCUT2D eigenvalue weighted by Crippen LogP contribution is 2.53. The summed E-state index contributed by atoms with van der Waals surface area (Å²) in [6, 6.07) is 41.7. The molecule has 0 bridgehead atoms. The van der Waals surface area contributed by atoms with Gasteiger partial charge in [-0.15, -0.1) is 11.3 Å². The van der Waals surface area contributed by atoms with Crippen LogP contribution in [0.5, 0.6) is 11.5 Å². The van der Waals surface area contributed by atoms with Gasteiger partial charge in [-0.25, -0.2) is 14.8 Å². The third kappa shape index (κ3) is 6.48. The van der Waals surface area contributed by atoms with E-state index in [0.717, 1.165) is 68.2 Å². The van der Waals surface area contributed by atoms with Crippen molar-refractivity contribution in [3.8, 4) is 61.7 Å². The molecule has 280 valence electrons. The van der Waals surface area contributed by atoms with Crippen molar-refractivity contribution in [3.63, 3.8) is 0 Å². The topological polar surface area (TPSA) is 109 Å². The van der Waals surface area contributed by atoms with E-state index in [0.29, 0.717) is 28.0 Å². The van der Waals surface area contributed by atoms with Crippen LogP contribution in [0.4, 0.5) is 11.4 Å². The first-order valence-electron chi connectivity index (χ1n) is 18.9. The van der Waals surface area contributed by atoms with Crippen LogP contribution in [0, 0.1) is 18.3 Å². The van der Waals surface area contributed by atoms with Crippen LogP contribution in [0.3, 0.4) is 0 Å². The Morgan fingerprint density at radius 1 is 0.789 bits per heavy atom. The average molecular weight is 767 g/mol. The molecule has 2 atom stereocenters. The molecule has 8 nitrogen and oxygen atoms in total. The zero-order valence-electron chi connectivity index (χ0n) is 31.7. The van der Waals surface area contributed by atoms with E-state index in [1.54, 1.807) is 20.3 Å². The molecule has 0 saturated heterocycles. The monoisotopic (exact) mass is 766 g/mol. The molecule has 2 unspecified atom stereocenters. The predicted octanol–water partition coefficient (Wildman–Crippen LogP) is 11.5. The lowest BCUT2D eigenvalue weighted by Crippen LogP contribution is -2.26. The summed E-state index contributed by atoms with van der Waals surface area (Å²) >= 11 is 1.41. The number of methoxy groups -OCH3 is 2. The molecule has 9 rings (SSSR count). The van der Waals surface area contributed by atoms with Crippen LogP contribution in [-0.2, 0) is 4.79 Å². The van der Waals surface area contributed by atoms with Crippen molar-refractivity contribution in [3.05, 3.63) is 137 Å². The molecule has 0 spiro atoms. The highest BCUT2D eigenvalue weighted by atomic mass is 32.1. The minimum atomic E-state index is -1.26. The second-order valence-electron chi connectivity index (χ2n) is 14.5. The molecule has 1 N–H and O–H groups in total. The molecule has 0 amide bonds. The zero-order chi connectivity index (χ0) is 39.2. The normalized spacial score (nSPS) is 16.0. The number of rotatable bonds is 9. The van der Waals surface area contributed by atoms with E-state index in [1.165, 1.54) is 46.3 Å². The molecular formula is C48H38N4O4S. The summed E-state index contributed by atoms with van der Waals surface area (Å²) in [6.45, 7) is 2.13. The number of fused-ring (bicyclic) bond motifs is 4. The second kappa shape index (κ2) is 14.7. The summed E-state index contributed by atoms with van der Waals surface area (Å²) < 4.78 is 11.0. The summed E-state index contributed by atoms with van der Waals surface area (Å²) in [4.78, 5) is 26.8. The summed E-state index contributed by atoms with van der Waals surface area (Å²) in [5, 5.41) is 19.0. The van der Waals surface area contributed by atoms with E-state index in [2.05, 4.69) is 66.4 Å². The van der Waals surface area contributed by atoms with Crippen LogP contribution in [0.1, 0.15) is 41.2 Å². The predicted molar refractivity (Wildman–Crippen MR) is 227 cm³/mol. The Morgan fingerprint density at radius 2 is 1.40 bits per heavy atom. The minimum Gasteiger partial charge on any atom is -0.497 e. The Kier molecular flexibility index (Phi) is 9.27. The zero-order valence-corrected chi connectivity index (χ0v) is 32.5. The van der Waals surface area contributed by atoms with Gasteiger partial charge in [-0.2, -0.15) is 5.26 Å². The molecular weight excluding hydrogens is 729 g/mol. The number of hydrogen-bond donors (Lipinski definition) is 1. The van der Waals surface area contributed by atoms with E-state index in [9.17, 15) is 15.2 Å². The van der Waals surface area contributed by atoms with Gasteiger partial charge in [0.05, 0.1) is 36.6 Å². The van der Waals surface area contributed by atoms with E-state index < -0.39 is 5.97 Å². The molecule has 1 aliphatic carbocycles. The van der Waals surface area contributed by atoms with Crippen LogP contribution in [0.15, 0.2) is 121 Å². The minimum absolute atomic E-state index is 0.323. The molecule has 1 saturated carbocycles.